The summed E-state index contributed by atoms with van der Waals surface area (Å²) >= 11 is 5.17. The zero-order valence-corrected chi connectivity index (χ0v) is 17.5. The number of carbonyl (C=O) groups excluding carboxylic acids is 1. The first-order valence-corrected chi connectivity index (χ1v) is 9.98. The first-order chi connectivity index (χ1) is 13.4. The second-order valence-corrected chi connectivity index (χ2v) is 7.33. The predicted molar refractivity (Wildman–Crippen MR) is 114 cm³/mol. The number of unbranched alkanes of at least 4 members (excludes halogenated alkanes) is 2. The van der Waals surface area contributed by atoms with Crippen molar-refractivity contribution >= 4 is 34.0 Å². The lowest BCUT2D eigenvalue weighted by atomic mass is 10.1. The minimum atomic E-state index is -0.442. The summed E-state index contributed by atoms with van der Waals surface area (Å²) < 4.78 is 1.38. The molecule has 1 amide bonds. The molecule has 1 aromatic heterocycles. The highest BCUT2D eigenvalue weighted by Gasteiger charge is 2.16. The van der Waals surface area contributed by atoms with Gasteiger partial charge in [0.05, 0.1) is 32.6 Å². The van der Waals surface area contributed by atoms with Gasteiger partial charge in [0.1, 0.15) is 0 Å². The van der Waals surface area contributed by atoms with E-state index in [-0.39, 0.29) is 11.3 Å². The van der Waals surface area contributed by atoms with Crippen molar-refractivity contribution in [1.82, 2.24) is 25.9 Å². The molecule has 8 nitrogen and oxygen atoms in total. The van der Waals surface area contributed by atoms with Crippen molar-refractivity contribution in [2.24, 2.45) is 0 Å². The Morgan fingerprint density at radius 1 is 1.18 bits per heavy atom. The number of nitrogens with one attached hydrogen (secondary N) is 4. The molecule has 0 saturated carbocycles. The summed E-state index contributed by atoms with van der Waals surface area (Å²) in [5.41, 5.74) is 5.27. The van der Waals surface area contributed by atoms with Crippen LogP contribution in [0.2, 0.25) is 0 Å². The van der Waals surface area contributed by atoms with Crippen LogP contribution in [0.4, 0.5) is 0 Å². The summed E-state index contributed by atoms with van der Waals surface area (Å²) in [5.74, 6) is -0.442. The third-order valence-electron chi connectivity index (χ3n) is 4.26. The van der Waals surface area contributed by atoms with E-state index in [0.29, 0.717) is 29.0 Å². The number of amides is 1. The highest BCUT2D eigenvalue weighted by Crippen LogP contribution is 2.13. The maximum atomic E-state index is 12.7. The summed E-state index contributed by atoms with van der Waals surface area (Å²) in [6, 6.07) is 7.01. The highest BCUT2D eigenvalue weighted by atomic mass is 32.1. The zero-order chi connectivity index (χ0) is 20.5. The molecule has 0 radical (unpaired) electrons. The standard InChI is InChI=1S/C19H28N6O2S/c1-4-5-8-12-25-18(27)15-10-7-6-9-14(15)16(23-25)17(26)21-22-19(28)20-11-13-24(2)3/h6-7,9-10H,4-5,8,11-13H2,1-3H3,(H,21,26)(H2,20,22,28)/p+1. The Morgan fingerprint density at radius 3 is 2.57 bits per heavy atom. The van der Waals surface area contributed by atoms with Crippen LogP contribution in [0.1, 0.15) is 36.7 Å². The van der Waals surface area contributed by atoms with E-state index in [9.17, 15) is 9.59 Å². The topological polar surface area (TPSA) is 92.5 Å². The highest BCUT2D eigenvalue weighted by molar-refractivity contribution is 7.80. The Kier molecular flexibility index (Phi) is 8.34. The Hall–Kier alpha value is -2.52. The van der Waals surface area contributed by atoms with Crippen molar-refractivity contribution in [2.75, 3.05) is 27.2 Å². The molecule has 0 aliphatic heterocycles. The number of nitrogens with zero attached hydrogens (tertiary/aromatic N) is 2. The third-order valence-corrected chi connectivity index (χ3v) is 4.50. The van der Waals surface area contributed by atoms with E-state index >= 15 is 0 Å². The second-order valence-electron chi connectivity index (χ2n) is 6.92. The van der Waals surface area contributed by atoms with Gasteiger partial charge in [-0.2, -0.15) is 5.10 Å². The van der Waals surface area contributed by atoms with E-state index in [1.807, 2.05) is 14.1 Å². The Balaban J connectivity index is 2.15. The molecule has 0 spiro atoms. The van der Waals surface area contributed by atoms with Crippen molar-refractivity contribution in [3.05, 3.63) is 40.3 Å². The van der Waals surface area contributed by atoms with Gasteiger partial charge in [-0.05, 0) is 24.7 Å². The van der Waals surface area contributed by atoms with Crippen LogP contribution in [0.25, 0.3) is 10.8 Å². The van der Waals surface area contributed by atoms with Crippen LogP contribution in [0.5, 0.6) is 0 Å². The van der Waals surface area contributed by atoms with Gasteiger partial charge in [0.2, 0.25) is 0 Å². The summed E-state index contributed by atoms with van der Waals surface area (Å²) in [4.78, 5) is 26.6. The first kappa shape index (κ1) is 21.8. The molecular formula is C19H29N6O2S+. The van der Waals surface area contributed by atoms with Gasteiger partial charge < -0.3 is 10.2 Å². The zero-order valence-electron chi connectivity index (χ0n) is 16.7. The molecule has 28 heavy (non-hydrogen) atoms. The largest absolute Gasteiger partial charge is 0.356 e. The monoisotopic (exact) mass is 405 g/mol. The molecule has 0 aliphatic rings. The van der Waals surface area contributed by atoms with Crippen molar-refractivity contribution in [2.45, 2.75) is 32.7 Å². The van der Waals surface area contributed by atoms with Gasteiger partial charge in [-0.25, -0.2) is 4.68 Å². The summed E-state index contributed by atoms with van der Waals surface area (Å²) in [5, 5.41) is 8.67. The van der Waals surface area contributed by atoms with Gasteiger partial charge in [0.25, 0.3) is 11.5 Å². The fraction of sp³-hybridized carbons (Fsp3) is 0.474. The lowest BCUT2D eigenvalue weighted by Crippen LogP contribution is -3.06. The van der Waals surface area contributed by atoms with E-state index in [1.165, 1.54) is 9.58 Å². The molecule has 0 aliphatic carbocycles. The van der Waals surface area contributed by atoms with Gasteiger partial charge in [0.15, 0.2) is 10.8 Å². The SMILES string of the molecule is CCCCCn1nc(C(=O)NNC(=S)NCC[NH+](C)C)c2ccccc2c1=O. The number of carbonyl (C=O) groups is 1. The van der Waals surface area contributed by atoms with Crippen LogP contribution in [0.15, 0.2) is 29.1 Å². The number of benzene rings is 1. The lowest BCUT2D eigenvalue weighted by molar-refractivity contribution is -0.856. The van der Waals surface area contributed by atoms with E-state index in [2.05, 4.69) is 28.2 Å². The molecular weight excluding hydrogens is 376 g/mol. The molecule has 2 rings (SSSR count). The molecule has 152 valence electrons. The van der Waals surface area contributed by atoms with E-state index < -0.39 is 5.91 Å². The number of fused-ring (bicyclic) bond motifs is 1. The fourth-order valence-corrected chi connectivity index (χ4v) is 2.86. The van der Waals surface area contributed by atoms with Gasteiger partial charge >= 0.3 is 0 Å². The molecule has 4 N–H and O–H groups in total. The quantitative estimate of drug-likeness (QED) is 0.277. The maximum Gasteiger partial charge on any atom is 0.290 e. The van der Waals surface area contributed by atoms with Crippen LogP contribution < -0.4 is 26.6 Å². The summed E-state index contributed by atoms with van der Waals surface area (Å²) in [7, 11) is 4.10. The van der Waals surface area contributed by atoms with Crippen molar-refractivity contribution in [3.8, 4) is 0 Å². The molecule has 0 saturated heterocycles. The maximum absolute atomic E-state index is 12.7. The molecule has 1 aromatic carbocycles. The molecule has 2 aromatic rings. The van der Waals surface area contributed by atoms with E-state index in [4.69, 9.17) is 12.2 Å². The van der Waals surface area contributed by atoms with Crippen molar-refractivity contribution in [3.63, 3.8) is 0 Å². The number of hydrogen-bond donors (Lipinski definition) is 4. The number of aromatic nitrogens is 2. The van der Waals surface area contributed by atoms with Crippen molar-refractivity contribution in [1.29, 1.82) is 0 Å². The Morgan fingerprint density at radius 2 is 1.89 bits per heavy atom. The van der Waals surface area contributed by atoms with Crippen LogP contribution in [0, 0.1) is 0 Å². The van der Waals surface area contributed by atoms with Crippen LogP contribution >= 0.6 is 12.2 Å². The smallest absolute Gasteiger partial charge is 0.290 e. The van der Waals surface area contributed by atoms with Gasteiger partial charge in [-0.15, -0.1) is 0 Å². The van der Waals surface area contributed by atoms with E-state index in [0.717, 1.165) is 25.8 Å². The number of likely N-dealkylation sites (N-methyl/N-ethyl adjacent to an activating group) is 1. The molecule has 9 heteroatoms. The Labute approximate surface area is 170 Å². The molecule has 0 unspecified atom stereocenters. The van der Waals surface area contributed by atoms with Gasteiger partial charge in [-0.3, -0.25) is 20.4 Å². The van der Waals surface area contributed by atoms with Crippen LogP contribution in [-0.2, 0) is 6.54 Å². The second kappa shape index (κ2) is 10.7. The predicted octanol–water partition coefficient (Wildman–Crippen LogP) is -0.160. The number of thiocarbonyl (C=S) groups is 1. The number of hydrazine groups is 1. The molecule has 0 bridgehead atoms. The third kappa shape index (κ3) is 6.00. The average Bonchev–Trinajstić information content (AvgIpc) is 2.68. The Bertz CT molecular complexity index is 880. The minimum absolute atomic E-state index is 0.181. The number of quaternary nitrogens is 1. The molecule has 0 atom stereocenters. The summed E-state index contributed by atoms with van der Waals surface area (Å²) in [6.07, 6.45) is 2.88. The van der Waals surface area contributed by atoms with Gasteiger partial charge in [0, 0.05) is 11.9 Å². The number of rotatable bonds is 8. The normalized spacial score (nSPS) is 10.9. The molecule has 1 heterocycles. The fourth-order valence-electron chi connectivity index (χ4n) is 2.71. The van der Waals surface area contributed by atoms with Crippen LogP contribution in [-0.4, -0.2) is 48.0 Å². The lowest BCUT2D eigenvalue weighted by Gasteiger charge is -2.14. The van der Waals surface area contributed by atoms with Crippen LogP contribution in [0.3, 0.4) is 0 Å². The number of aryl methyl sites for hydroxylation is 1. The molecule has 0 fully saturated rings. The average molecular weight is 406 g/mol. The van der Waals surface area contributed by atoms with Gasteiger partial charge in [-0.1, -0.05) is 38.0 Å². The van der Waals surface area contributed by atoms with Crippen molar-refractivity contribution < 1.29 is 9.69 Å². The minimum Gasteiger partial charge on any atom is -0.356 e. The van der Waals surface area contributed by atoms with E-state index in [1.54, 1.807) is 24.3 Å². The first-order valence-electron chi connectivity index (χ1n) is 9.57. The summed E-state index contributed by atoms with van der Waals surface area (Å²) in [6.45, 7) is 4.16. The number of hydrogen-bond acceptors (Lipinski definition) is 4.